The number of nitrogens with one attached hydrogen (secondary N) is 1. The molecular weight excluding hydrogens is 432 g/mol. The lowest BCUT2D eigenvalue weighted by atomic mass is 10.2. The molecule has 9 nitrogen and oxygen atoms in total. The van der Waals surface area contributed by atoms with Crippen molar-refractivity contribution in [1.29, 1.82) is 0 Å². The fourth-order valence-electron chi connectivity index (χ4n) is 4.20. The first-order valence-corrected chi connectivity index (χ1v) is 11.9. The average Bonchev–Trinajstić information content (AvgIpc) is 3.24. The topological polar surface area (TPSA) is 86.3 Å². The zero-order valence-electron chi connectivity index (χ0n) is 20.3. The van der Waals surface area contributed by atoms with Crippen LogP contribution >= 0.6 is 0 Å². The number of allylic oxidation sites excluding steroid dienone is 2. The third-order valence-electron chi connectivity index (χ3n) is 6.08. The van der Waals surface area contributed by atoms with Crippen LogP contribution < -0.4 is 21.5 Å². The highest BCUT2D eigenvalue weighted by atomic mass is 16.5. The number of imidazole rings is 1. The number of piperazine rings is 1. The van der Waals surface area contributed by atoms with E-state index in [-0.39, 0.29) is 11.2 Å². The Morgan fingerprint density at radius 2 is 1.85 bits per heavy atom. The molecule has 0 unspecified atom stereocenters. The zero-order valence-corrected chi connectivity index (χ0v) is 20.3. The molecule has 0 bridgehead atoms. The van der Waals surface area contributed by atoms with E-state index < -0.39 is 0 Å². The number of hydrogen-bond acceptors (Lipinski definition) is 6. The summed E-state index contributed by atoms with van der Waals surface area (Å²) in [6.07, 6.45) is 2.65. The van der Waals surface area contributed by atoms with Gasteiger partial charge in [0.05, 0.1) is 6.61 Å². The number of aromatic nitrogens is 4. The number of fused-ring (bicyclic) bond motifs is 1. The highest BCUT2D eigenvalue weighted by Crippen LogP contribution is 2.20. The number of benzene rings is 1. The van der Waals surface area contributed by atoms with Gasteiger partial charge in [0.15, 0.2) is 11.2 Å². The van der Waals surface area contributed by atoms with Crippen molar-refractivity contribution in [3.63, 3.8) is 0 Å². The zero-order chi connectivity index (χ0) is 24.1. The normalized spacial score (nSPS) is 14.0. The van der Waals surface area contributed by atoms with E-state index in [4.69, 9.17) is 9.72 Å². The third kappa shape index (κ3) is 5.15. The Morgan fingerprint density at radius 1 is 1.12 bits per heavy atom. The fourth-order valence-corrected chi connectivity index (χ4v) is 4.20. The van der Waals surface area contributed by atoms with E-state index in [9.17, 15) is 9.59 Å². The first-order valence-electron chi connectivity index (χ1n) is 11.9. The third-order valence-corrected chi connectivity index (χ3v) is 6.08. The predicted molar refractivity (Wildman–Crippen MR) is 134 cm³/mol. The van der Waals surface area contributed by atoms with Gasteiger partial charge in [-0.15, -0.1) is 0 Å². The second-order valence-electron chi connectivity index (χ2n) is 8.90. The van der Waals surface area contributed by atoms with E-state index in [0.29, 0.717) is 43.9 Å². The Hall–Kier alpha value is -3.17. The second-order valence-corrected chi connectivity index (χ2v) is 8.90. The molecule has 1 saturated heterocycles. The van der Waals surface area contributed by atoms with Gasteiger partial charge in [-0.1, -0.05) is 42.0 Å². The fraction of sp³-hybridized carbons (Fsp3) is 0.480. The summed E-state index contributed by atoms with van der Waals surface area (Å²) >= 11 is 0. The summed E-state index contributed by atoms with van der Waals surface area (Å²) in [6, 6.07) is 9.95. The van der Waals surface area contributed by atoms with Crippen LogP contribution in [0.25, 0.3) is 11.2 Å². The van der Waals surface area contributed by atoms with Crippen LogP contribution in [0.3, 0.4) is 0 Å². The van der Waals surface area contributed by atoms with Crippen molar-refractivity contribution in [2.75, 3.05) is 37.7 Å². The predicted octanol–water partition coefficient (Wildman–Crippen LogP) is 1.88. The molecule has 1 aromatic carbocycles. The molecule has 0 amide bonds. The van der Waals surface area contributed by atoms with Crippen LogP contribution in [0.1, 0.15) is 25.8 Å². The van der Waals surface area contributed by atoms with E-state index in [1.165, 1.54) is 9.13 Å². The van der Waals surface area contributed by atoms with Crippen LogP contribution in [0.4, 0.5) is 5.95 Å². The maximum atomic E-state index is 13.5. The van der Waals surface area contributed by atoms with Gasteiger partial charge >= 0.3 is 5.69 Å². The Labute approximate surface area is 199 Å². The summed E-state index contributed by atoms with van der Waals surface area (Å²) in [5, 5.41) is 3.35. The Bertz CT molecular complexity index is 1260. The molecule has 0 aliphatic carbocycles. The lowest BCUT2D eigenvalue weighted by molar-refractivity contribution is 0.115. The molecule has 0 spiro atoms. The molecule has 0 radical (unpaired) electrons. The van der Waals surface area contributed by atoms with E-state index in [0.717, 1.165) is 43.3 Å². The molecule has 1 aliphatic heterocycles. The standard InChI is InChI=1S/C25H34N6O3/c1-19(2)10-14-30-21-22(27-24(30)29-15-11-26-12-16-29)28(3)25(33)31(23(21)32)13-7-17-34-18-20-8-5-4-6-9-20/h4-6,8-10,26H,7,11-18H2,1-3H3. The smallest absolute Gasteiger partial charge is 0.332 e. The average molecular weight is 467 g/mol. The van der Waals surface area contributed by atoms with E-state index in [2.05, 4.69) is 16.3 Å². The minimum absolute atomic E-state index is 0.294. The van der Waals surface area contributed by atoms with Crippen molar-refractivity contribution in [2.24, 2.45) is 7.05 Å². The van der Waals surface area contributed by atoms with Crippen LogP contribution in [-0.4, -0.2) is 51.5 Å². The first kappa shape index (κ1) is 24.0. The summed E-state index contributed by atoms with van der Waals surface area (Å²) in [4.78, 5) is 33.6. The highest BCUT2D eigenvalue weighted by molar-refractivity contribution is 5.74. The maximum absolute atomic E-state index is 13.5. The van der Waals surface area contributed by atoms with Crippen LogP contribution in [0.5, 0.6) is 0 Å². The lowest BCUT2D eigenvalue weighted by Gasteiger charge is -2.28. The Kier molecular flexibility index (Phi) is 7.64. The summed E-state index contributed by atoms with van der Waals surface area (Å²) in [5.74, 6) is 0.741. The Morgan fingerprint density at radius 3 is 2.56 bits per heavy atom. The van der Waals surface area contributed by atoms with Gasteiger partial charge in [0.25, 0.3) is 5.56 Å². The largest absolute Gasteiger partial charge is 0.377 e. The summed E-state index contributed by atoms with van der Waals surface area (Å²) in [7, 11) is 1.69. The molecule has 2 aromatic heterocycles. The molecule has 0 saturated carbocycles. The quantitative estimate of drug-likeness (QED) is 0.383. The van der Waals surface area contributed by atoms with E-state index in [1.54, 1.807) is 7.05 Å². The maximum Gasteiger partial charge on any atom is 0.332 e. The molecule has 3 aromatic rings. The number of ether oxygens (including phenoxy) is 1. The van der Waals surface area contributed by atoms with Gasteiger partial charge in [0.1, 0.15) is 0 Å². The van der Waals surface area contributed by atoms with Crippen LogP contribution in [-0.2, 0) is 31.5 Å². The van der Waals surface area contributed by atoms with E-state index in [1.807, 2.05) is 48.7 Å². The van der Waals surface area contributed by atoms with Gasteiger partial charge in [0, 0.05) is 52.9 Å². The molecule has 0 atom stereocenters. The van der Waals surface area contributed by atoms with Crippen LogP contribution in [0.15, 0.2) is 51.6 Å². The Balaban J connectivity index is 1.62. The number of anilines is 1. The molecule has 1 aliphatic rings. The minimum atomic E-state index is -0.348. The van der Waals surface area contributed by atoms with Gasteiger partial charge in [-0.25, -0.2) is 4.79 Å². The van der Waals surface area contributed by atoms with Gasteiger partial charge in [0.2, 0.25) is 5.95 Å². The second kappa shape index (κ2) is 10.8. The first-order chi connectivity index (χ1) is 16.5. The van der Waals surface area contributed by atoms with Crippen molar-refractivity contribution in [1.82, 2.24) is 24.0 Å². The molecule has 4 rings (SSSR count). The molecule has 182 valence electrons. The minimum Gasteiger partial charge on any atom is -0.377 e. The molecule has 1 fully saturated rings. The summed E-state index contributed by atoms with van der Waals surface area (Å²) in [5.41, 5.74) is 2.52. The molecule has 34 heavy (non-hydrogen) atoms. The van der Waals surface area contributed by atoms with E-state index >= 15 is 0 Å². The van der Waals surface area contributed by atoms with Crippen molar-refractivity contribution >= 4 is 17.1 Å². The monoisotopic (exact) mass is 466 g/mol. The van der Waals surface area contributed by atoms with Crippen molar-refractivity contribution < 1.29 is 4.74 Å². The molecule has 1 N–H and O–H groups in total. The summed E-state index contributed by atoms with van der Waals surface area (Å²) in [6.45, 7) is 9.20. The van der Waals surface area contributed by atoms with Crippen LogP contribution in [0, 0.1) is 0 Å². The molecule has 9 heteroatoms. The van der Waals surface area contributed by atoms with Gasteiger partial charge in [-0.3, -0.25) is 13.9 Å². The molecule has 3 heterocycles. The lowest BCUT2D eigenvalue weighted by Crippen LogP contribution is -2.44. The number of nitrogens with zero attached hydrogens (tertiary/aromatic N) is 5. The van der Waals surface area contributed by atoms with Gasteiger partial charge < -0.3 is 19.5 Å². The number of hydrogen-bond donors (Lipinski definition) is 1. The van der Waals surface area contributed by atoms with Crippen molar-refractivity contribution in [2.45, 2.75) is 40.0 Å². The van der Waals surface area contributed by atoms with Crippen molar-refractivity contribution in [3.8, 4) is 0 Å². The molecular formula is C25H34N6O3. The van der Waals surface area contributed by atoms with Crippen LogP contribution in [0.2, 0.25) is 0 Å². The highest BCUT2D eigenvalue weighted by Gasteiger charge is 2.23. The number of aryl methyl sites for hydroxylation is 1. The number of rotatable bonds is 9. The summed E-state index contributed by atoms with van der Waals surface area (Å²) < 4.78 is 10.5. The SMILES string of the molecule is CC(C)=CCn1c(N2CCNCC2)nc2c1c(=O)n(CCCOCc1ccccc1)c(=O)n2C. The van der Waals surface area contributed by atoms with Crippen molar-refractivity contribution in [3.05, 3.63) is 68.4 Å². The van der Waals surface area contributed by atoms with Gasteiger partial charge in [-0.05, 0) is 25.8 Å². The van der Waals surface area contributed by atoms with Gasteiger partial charge in [-0.2, -0.15) is 4.98 Å².